The number of cyclic esters (lactones) is 1. The molecule has 122 valence electrons. The van der Waals surface area contributed by atoms with Crippen LogP contribution in [0.5, 0.6) is 0 Å². The monoisotopic (exact) mass is 334 g/mol. The molecule has 1 unspecified atom stereocenters. The predicted molar refractivity (Wildman–Crippen MR) is 86.6 cm³/mol. The van der Waals surface area contributed by atoms with Crippen LogP contribution < -0.4 is 0 Å². The number of imidazole rings is 1. The van der Waals surface area contributed by atoms with Crippen molar-refractivity contribution in [2.75, 3.05) is 13.2 Å². The van der Waals surface area contributed by atoms with E-state index in [0.29, 0.717) is 25.2 Å². The molecule has 1 aliphatic heterocycles. The number of hydrogen-bond acceptors (Lipinski definition) is 6. The molecule has 2 heterocycles. The molecule has 2 aromatic rings. The number of nitrogens with zero attached hydrogens (tertiary/aromatic N) is 2. The van der Waals surface area contributed by atoms with Gasteiger partial charge >= 0.3 is 11.9 Å². The third kappa shape index (κ3) is 3.06. The highest BCUT2D eigenvalue weighted by atomic mass is 32.2. The van der Waals surface area contributed by atoms with E-state index in [1.165, 1.54) is 11.8 Å². The SMILES string of the molecule is CCOC(=O)c1ccc2c(c1)nc(SC1CCOC1=O)n2CC. The molecule has 0 aliphatic carbocycles. The Morgan fingerprint density at radius 2 is 2.30 bits per heavy atom. The van der Waals surface area contributed by atoms with E-state index in [0.717, 1.165) is 22.7 Å². The first-order valence-corrected chi connectivity index (χ1v) is 8.52. The number of carbonyl (C=O) groups is 2. The van der Waals surface area contributed by atoms with Crippen molar-refractivity contribution < 1.29 is 19.1 Å². The van der Waals surface area contributed by atoms with Gasteiger partial charge in [0.05, 0.1) is 29.8 Å². The fourth-order valence-corrected chi connectivity index (χ4v) is 3.69. The molecule has 1 aromatic heterocycles. The highest BCUT2D eigenvalue weighted by Gasteiger charge is 2.29. The molecular weight excluding hydrogens is 316 g/mol. The number of hydrogen-bond donors (Lipinski definition) is 0. The Hall–Kier alpha value is -2.02. The van der Waals surface area contributed by atoms with Crippen LogP contribution in [0.4, 0.5) is 0 Å². The first-order valence-electron chi connectivity index (χ1n) is 7.64. The van der Waals surface area contributed by atoms with Crippen molar-refractivity contribution in [3.63, 3.8) is 0 Å². The summed E-state index contributed by atoms with van der Waals surface area (Å²) in [5.41, 5.74) is 2.15. The van der Waals surface area contributed by atoms with Crippen molar-refractivity contribution in [1.29, 1.82) is 0 Å². The van der Waals surface area contributed by atoms with Gasteiger partial charge in [-0.3, -0.25) is 4.79 Å². The maximum atomic E-state index is 11.8. The van der Waals surface area contributed by atoms with Gasteiger partial charge in [0.15, 0.2) is 5.16 Å². The number of esters is 2. The first-order chi connectivity index (χ1) is 11.1. The highest BCUT2D eigenvalue weighted by Crippen LogP contribution is 2.31. The molecular formula is C16H18N2O4S. The maximum absolute atomic E-state index is 11.8. The van der Waals surface area contributed by atoms with E-state index in [1.54, 1.807) is 19.1 Å². The normalized spacial score (nSPS) is 17.5. The Kier molecular flexibility index (Phi) is 4.56. The molecule has 3 rings (SSSR count). The molecule has 23 heavy (non-hydrogen) atoms. The summed E-state index contributed by atoms with van der Waals surface area (Å²) in [6.07, 6.45) is 0.699. The van der Waals surface area contributed by atoms with Crippen molar-refractivity contribution in [3.8, 4) is 0 Å². The number of carbonyl (C=O) groups excluding carboxylic acids is 2. The Morgan fingerprint density at radius 1 is 1.48 bits per heavy atom. The van der Waals surface area contributed by atoms with Crippen molar-refractivity contribution >= 4 is 34.7 Å². The van der Waals surface area contributed by atoms with Gasteiger partial charge in [-0.05, 0) is 32.0 Å². The van der Waals surface area contributed by atoms with Crippen LogP contribution in [0, 0.1) is 0 Å². The van der Waals surface area contributed by atoms with E-state index in [1.807, 2.05) is 17.6 Å². The van der Waals surface area contributed by atoms with Gasteiger partial charge in [-0.25, -0.2) is 9.78 Å². The minimum absolute atomic E-state index is 0.183. The topological polar surface area (TPSA) is 70.4 Å². The summed E-state index contributed by atoms with van der Waals surface area (Å²) >= 11 is 1.42. The number of aryl methyl sites for hydroxylation is 1. The third-order valence-electron chi connectivity index (χ3n) is 3.68. The molecule has 0 N–H and O–H groups in total. The number of thioether (sulfide) groups is 1. The lowest BCUT2D eigenvalue weighted by atomic mass is 10.2. The van der Waals surface area contributed by atoms with Gasteiger partial charge in [0, 0.05) is 13.0 Å². The van der Waals surface area contributed by atoms with Crippen molar-refractivity contribution in [3.05, 3.63) is 23.8 Å². The molecule has 7 heteroatoms. The van der Waals surface area contributed by atoms with Crippen LogP contribution in [-0.4, -0.2) is 40.0 Å². The maximum Gasteiger partial charge on any atom is 0.338 e. The van der Waals surface area contributed by atoms with Gasteiger partial charge < -0.3 is 14.0 Å². The van der Waals surface area contributed by atoms with E-state index in [2.05, 4.69) is 4.98 Å². The summed E-state index contributed by atoms with van der Waals surface area (Å²) in [4.78, 5) is 28.1. The number of aromatic nitrogens is 2. The first kappa shape index (κ1) is 15.9. The van der Waals surface area contributed by atoms with Crippen LogP contribution in [-0.2, 0) is 20.8 Å². The summed E-state index contributed by atoms with van der Waals surface area (Å²) in [5, 5.41) is 0.564. The fourth-order valence-electron chi connectivity index (χ4n) is 2.56. The molecule has 1 aliphatic rings. The second-order valence-electron chi connectivity index (χ2n) is 5.13. The minimum atomic E-state index is -0.353. The number of ether oxygens (including phenoxy) is 2. The third-order valence-corrected chi connectivity index (χ3v) is 4.91. The molecule has 0 radical (unpaired) electrons. The Labute approximate surface area is 138 Å². The number of benzene rings is 1. The summed E-state index contributed by atoms with van der Waals surface area (Å²) in [7, 11) is 0. The van der Waals surface area contributed by atoms with Crippen molar-refractivity contribution in [2.24, 2.45) is 0 Å². The smallest absolute Gasteiger partial charge is 0.338 e. The van der Waals surface area contributed by atoms with Crippen LogP contribution in [0.15, 0.2) is 23.4 Å². The molecule has 1 atom stereocenters. The molecule has 6 nitrogen and oxygen atoms in total. The Bertz CT molecular complexity index is 756. The van der Waals surface area contributed by atoms with Gasteiger partial charge in [0.25, 0.3) is 0 Å². The minimum Gasteiger partial charge on any atom is -0.465 e. The zero-order valence-electron chi connectivity index (χ0n) is 13.1. The van der Waals surface area contributed by atoms with Crippen LogP contribution in [0.2, 0.25) is 0 Å². The zero-order valence-corrected chi connectivity index (χ0v) is 13.9. The number of fused-ring (bicyclic) bond motifs is 1. The van der Waals surface area contributed by atoms with Crippen LogP contribution in [0.25, 0.3) is 11.0 Å². The van der Waals surface area contributed by atoms with E-state index in [4.69, 9.17) is 9.47 Å². The summed E-state index contributed by atoms with van der Waals surface area (Å²) in [6, 6.07) is 5.35. The van der Waals surface area contributed by atoms with Crippen molar-refractivity contribution in [2.45, 2.75) is 37.2 Å². The van der Waals surface area contributed by atoms with Gasteiger partial charge in [-0.2, -0.15) is 0 Å². The second kappa shape index (κ2) is 6.62. The van der Waals surface area contributed by atoms with Gasteiger partial charge in [-0.15, -0.1) is 0 Å². The van der Waals surface area contributed by atoms with Gasteiger partial charge in [0.2, 0.25) is 0 Å². The standard InChI is InChI=1S/C16H18N2O4S/c1-3-18-12-6-5-10(14(19)21-4-2)9-11(12)17-16(18)23-13-7-8-22-15(13)20/h5-6,9,13H,3-4,7-8H2,1-2H3. The van der Waals surface area contributed by atoms with E-state index < -0.39 is 0 Å². The summed E-state index contributed by atoms with van der Waals surface area (Å²) < 4.78 is 12.1. The highest BCUT2D eigenvalue weighted by molar-refractivity contribution is 8.00. The molecule has 0 saturated carbocycles. The molecule has 1 fully saturated rings. The lowest BCUT2D eigenvalue weighted by Gasteiger charge is -2.07. The van der Waals surface area contributed by atoms with Crippen LogP contribution in [0.1, 0.15) is 30.6 Å². The van der Waals surface area contributed by atoms with Gasteiger partial charge in [0.1, 0.15) is 5.25 Å². The van der Waals surface area contributed by atoms with Crippen molar-refractivity contribution in [1.82, 2.24) is 9.55 Å². The summed E-state index contributed by atoms with van der Waals surface area (Å²) in [5.74, 6) is -0.536. The van der Waals surface area contributed by atoms with Crippen LogP contribution in [0.3, 0.4) is 0 Å². The fraction of sp³-hybridized carbons (Fsp3) is 0.438. The zero-order chi connectivity index (χ0) is 16.4. The quantitative estimate of drug-likeness (QED) is 0.783. The van der Waals surface area contributed by atoms with Crippen LogP contribution >= 0.6 is 11.8 Å². The molecule has 1 aromatic carbocycles. The van der Waals surface area contributed by atoms with E-state index >= 15 is 0 Å². The van der Waals surface area contributed by atoms with E-state index in [9.17, 15) is 9.59 Å². The average Bonchev–Trinajstić information content (AvgIpc) is 3.10. The Morgan fingerprint density at radius 3 is 2.96 bits per heavy atom. The lowest BCUT2D eigenvalue weighted by molar-refractivity contribution is -0.137. The van der Waals surface area contributed by atoms with E-state index in [-0.39, 0.29) is 17.2 Å². The second-order valence-corrected chi connectivity index (χ2v) is 6.30. The summed E-state index contributed by atoms with van der Waals surface area (Å²) in [6.45, 7) is 5.34. The number of rotatable bonds is 5. The lowest BCUT2D eigenvalue weighted by Crippen LogP contribution is -2.11. The molecule has 1 saturated heterocycles. The molecule has 0 bridgehead atoms. The average molecular weight is 334 g/mol. The molecule has 0 amide bonds. The van der Waals surface area contributed by atoms with Gasteiger partial charge in [-0.1, -0.05) is 11.8 Å². The molecule has 0 spiro atoms. The largest absolute Gasteiger partial charge is 0.465 e. The Balaban J connectivity index is 1.95. The predicted octanol–water partition coefficient (Wildman–Crippen LogP) is 2.64.